The van der Waals surface area contributed by atoms with Crippen molar-refractivity contribution >= 4 is 40.6 Å². The van der Waals surface area contributed by atoms with Gasteiger partial charge in [-0.2, -0.15) is 5.10 Å². The van der Waals surface area contributed by atoms with E-state index in [4.69, 9.17) is 44.6 Å². The molecular formula is C30H31Cl3N2O2. The summed E-state index contributed by atoms with van der Waals surface area (Å²) < 4.78 is 8.29. The highest BCUT2D eigenvalue weighted by molar-refractivity contribution is 6.35. The van der Waals surface area contributed by atoms with Crippen LogP contribution in [0, 0.1) is 24.7 Å². The van der Waals surface area contributed by atoms with E-state index >= 15 is 0 Å². The van der Waals surface area contributed by atoms with Gasteiger partial charge in [-0.15, -0.1) is 0 Å². The number of Topliss-reactive ketones (excluding diaryl/α,β-unsaturated/α-hetero) is 1. The van der Waals surface area contributed by atoms with E-state index in [-0.39, 0.29) is 11.4 Å². The van der Waals surface area contributed by atoms with Crippen LogP contribution >= 0.6 is 34.8 Å². The van der Waals surface area contributed by atoms with E-state index in [1.165, 1.54) is 38.5 Å². The molecule has 0 radical (unpaired) electrons. The first kappa shape index (κ1) is 25.4. The lowest BCUT2D eigenvalue weighted by Gasteiger charge is -2.56. The van der Waals surface area contributed by atoms with Crippen LogP contribution in [0.2, 0.25) is 15.1 Å². The molecule has 4 saturated carbocycles. The molecule has 1 aromatic heterocycles. The van der Waals surface area contributed by atoms with Crippen molar-refractivity contribution in [2.75, 3.05) is 6.61 Å². The first-order chi connectivity index (χ1) is 17.8. The van der Waals surface area contributed by atoms with E-state index in [1.54, 1.807) is 16.8 Å². The normalized spacial score (nSPS) is 26.1. The third-order valence-corrected chi connectivity index (χ3v) is 9.37. The molecule has 0 N–H and O–H groups in total. The minimum atomic E-state index is 0.0191. The van der Waals surface area contributed by atoms with Gasteiger partial charge in [0.15, 0.2) is 5.78 Å². The van der Waals surface area contributed by atoms with Gasteiger partial charge in [-0.25, -0.2) is 4.68 Å². The summed E-state index contributed by atoms with van der Waals surface area (Å²) in [6, 6.07) is 12.8. The molecule has 4 nitrogen and oxygen atoms in total. The molecule has 0 atom stereocenters. The van der Waals surface area contributed by atoms with Crippen molar-refractivity contribution in [2.24, 2.45) is 17.8 Å². The van der Waals surface area contributed by atoms with Crippen LogP contribution < -0.4 is 0 Å². The van der Waals surface area contributed by atoms with Gasteiger partial charge in [0.05, 0.1) is 22.0 Å². The third-order valence-electron chi connectivity index (χ3n) is 8.58. The highest BCUT2D eigenvalue weighted by atomic mass is 35.5. The zero-order valence-corrected chi connectivity index (χ0v) is 23.3. The predicted molar refractivity (Wildman–Crippen MR) is 149 cm³/mol. The summed E-state index contributed by atoms with van der Waals surface area (Å²) in [6.07, 6.45) is 8.93. The van der Waals surface area contributed by atoms with Gasteiger partial charge in [0.2, 0.25) is 0 Å². The predicted octanol–water partition coefficient (Wildman–Crippen LogP) is 8.76. The lowest BCUT2D eigenvalue weighted by Crippen LogP contribution is -2.52. The van der Waals surface area contributed by atoms with Crippen molar-refractivity contribution < 1.29 is 9.53 Å². The summed E-state index contributed by atoms with van der Waals surface area (Å²) in [5.41, 5.74) is 3.75. The summed E-state index contributed by atoms with van der Waals surface area (Å²) in [7, 11) is 0. The van der Waals surface area contributed by atoms with Gasteiger partial charge >= 0.3 is 0 Å². The van der Waals surface area contributed by atoms with Crippen molar-refractivity contribution in [2.45, 2.75) is 63.9 Å². The molecule has 4 bridgehead atoms. The first-order valence-electron chi connectivity index (χ1n) is 13.3. The second-order valence-corrected chi connectivity index (χ2v) is 12.6. The van der Waals surface area contributed by atoms with Crippen molar-refractivity contribution in [3.63, 3.8) is 0 Å². The van der Waals surface area contributed by atoms with Gasteiger partial charge < -0.3 is 4.74 Å². The number of nitrogens with zero attached hydrogens (tertiary/aromatic N) is 2. The fraction of sp³-hybridized carbons (Fsp3) is 0.467. The summed E-state index contributed by atoms with van der Waals surface area (Å²) in [5.74, 6) is 2.58. The van der Waals surface area contributed by atoms with Crippen LogP contribution in [0.3, 0.4) is 0 Å². The fourth-order valence-corrected chi connectivity index (χ4v) is 8.00. The molecule has 4 aliphatic carbocycles. The number of aromatic nitrogens is 2. The van der Waals surface area contributed by atoms with E-state index in [1.807, 2.05) is 37.3 Å². The minimum absolute atomic E-state index is 0.0191. The van der Waals surface area contributed by atoms with Crippen LogP contribution in [0.15, 0.2) is 42.5 Å². The zero-order valence-electron chi connectivity index (χ0n) is 21.0. The number of rotatable bonds is 8. The Kier molecular flexibility index (Phi) is 6.90. The van der Waals surface area contributed by atoms with Crippen molar-refractivity contribution in [3.8, 4) is 16.9 Å². The molecular weight excluding hydrogens is 527 g/mol. The fourth-order valence-electron chi connectivity index (χ4n) is 7.38. The number of hydrogen-bond acceptors (Lipinski definition) is 3. The summed E-state index contributed by atoms with van der Waals surface area (Å²) in [4.78, 5) is 13.4. The van der Waals surface area contributed by atoms with Gasteiger partial charge in [-0.1, -0.05) is 46.9 Å². The molecule has 3 aromatic rings. The Morgan fingerprint density at radius 3 is 2.22 bits per heavy atom. The minimum Gasteiger partial charge on any atom is -0.375 e. The molecule has 7 rings (SSSR count). The van der Waals surface area contributed by atoms with E-state index in [0.717, 1.165) is 34.6 Å². The maximum Gasteiger partial charge on any atom is 0.183 e. The first-order valence-corrected chi connectivity index (χ1v) is 14.4. The second-order valence-electron chi connectivity index (χ2n) is 11.3. The topological polar surface area (TPSA) is 44.1 Å². The van der Waals surface area contributed by atoms with Crippen LogP contribution in [0.25, 0.3) is 16.9 Å². The van der Waals surface area contributed by atoms with E-state index in [9.17, 15) is 4.79 Å². The van der Waals surface area contributed by atoms with E-state index in [0.29, 0.717) is 45.9 Å². The van der Waals surface area contributed by atoms with Crippen molar-refractivity contribution in [1.29, 1.82) is 0 Å². The van der Waals surface area contributed by atoms with Crippen LogP contribution in [-0.4, -0.2) is 27.8 Å². The summed E-state index contributed by atoms with van der Waals surface area (Å²) in [5, 5.41) is 6.42. The molecule has 4 fully saturated rings. The second kappa shape index (κ2) is 10.0. The standard InChI is InChI=1S/C30H31Cl3N2O2/c1-18-28(27(36)3-2-10-37-30-15-19-11-20(16-30)13-21(12-19)17-30)34-35(26-9-8-24(32)14-25(26)33)29(18)22-4-6-23(31)7-5-22/h4-9,14,19-21H,2-3,10-13,15-17H2,1H3. The molecule has 37 heavy (non-hydrogen) atoms. The quantitative estimate of drug-likeness (QED) is 0.205. The molecule has 0 amide bonds. The summed E-state index contributed by atoms with van der Waals surface area (Å²) >= 11 is 18.8. The largest absolute Gasteiger partial charge is 0.375 e. The molecule has 1 heterocycles. The Morgan fingerprint density at radius 1 is 0.973 bits per heavy atom. The molecule has 7 heteroatoms. The maximum atomic E-state index is 13.4. The Hall–Kier alpha value is -1.85. The number of halogens is 3. The zero-order chi connectivity index (χ0) is 25.7. The monoisotopic (exact) mass is 556 g/mol. The highest BCUT2D eigenvalue weighted by Gasteiger charge is 2.51. The van der Waals surface area contributed by atoms with Crippen LogP contribution in [0.4, 0.5) is 0 Å². The Bertz CT molecular complexity index is 1300. The van der Waals surface area contributed by atoms with Gasteiger partial charge in [0, 0.05) is 34.2 Å². The molecule has 0 unspecified atom stereocenters. The average molecular weight is 558 g/mol. The maximum absolute atomic E-state index is 13.4. The van der Waals surface area contributed by atoms with Gasteiger partial charge in [-0.3, -0.25) is 4.79 Å². The van der Waals surface area contributed by atoms with E-state index in [2.05, 4.69) is 0 Å². The Balaban J connectivity index is 1.21. The van der Waals surface area contributed by atoms with Gasteiger partial charge in [0.1, 0.15) is 5.69 Å². The summed E-state index contributed by atoms with van der Waals surface area (Å²) in [6.45, 7) is 2.57. The number of carbonyl (C=O) groups excluding carboxylic acids is 1. The number of ketones is 1. The van der Waals surface area contributed by atoms with Gasteiger partial charge in [-0.05, 0) is 100.0 Å². The van der Waals surface area contributed by atoms with Crippen LogP contribution in [0.1, 0.15) is 67.4 Å². The molecule has 0 spiro atoms. The molecule has 194 valence electrons. The van der Waals surface area contributed by atoms with Crippen molar-refractivity contribution in [1.82, 2.24) is 9.78 Å². The smallest absolute Gasteiger partial charge is 0.183 e. The number of carbonyl (C=O) groups is 1. The SMILES string of the molecule is Cc1c(C(=O)CCCOC23CC4CC(CC(C4)C2)C3)nn(-c2ccc(Cl)cc2Cl)c1-c1ccc(Cl)cc1. The number of benzene rings is 2. The lowest BCUT2D eigenvalue weighted by atomic mass is 9.54. The Labute approximate surface area is 233 Å². The Morgan fingerprint density at radius 2 is 1.59 bits per heavy atom. The van der Waals surface area contributed by atoms with Gasteiger partial charge in [0.25, 0.3) is 0 Å². The van der Waals surface area contributed by atoms with Crippen LogP contribution in [-0.2, 0) is 4.74 Å². The molecule has 2 aromatic carbocycles. The third kappa shape index (κ3) is 4.98. The number of hydrogen-bond donors (Lipinski definition) is 0. The average Bonchev–Trinajstić information content (AvgIpc) is 3.18. The lowest BCUT2D eigenvalue weighted by molar-refractivity contribution is -0.162. The number of ether oxygens (including phenoxy) is 1. The molecule has 0 saturated heterocycles. The molecule has 0 aliphatic heterocycles. The highest BCUT2D eigenvalue weighted by Crippen LogP contribution is 2.57. The van der Waals surface area contributed by atoms with E-state index < -0.39 is 0 Å². The molecule has 4 aliphatic rings. The van der Waals surface area contributed by atoms with Crippen molar-refractivity contribution in [3.05, 3.63) is 68.8 Å². The van der Waals surface area contributed by atoms with Crippen LogP contribution in [0.5, 0.6) is 0 Å².